The van der Waals surface area contributed by atoms with Crippen LogP contribution in [0.2, 0.25) is 0 Å². The van der Waals surface area contributed by atoms with Crippen molar-refractivity contribution in [1.29, 1.82) is 0 Å². The van der Waals surface area contributed by atoms with Crippen LogP contribution in [0.25, 0.3) is 0 Å². The fourth-order valence-corrected chi connectivity index (χ4v) is 3.63. The van der Waals surface area contributed by atoms with Crippen LogP contribution in [0.3, 0.4) is 0 Å². The zero-order chi connectivity index (χ0) is 17.1. The molecule has 24 heavy (non-hydrogen) atoms. The molecule has 0 spiro atoms. The normalized spacial score (nSPS) is 18.1. The molecule has 1 atom stereocenters. The second-order valence-electron chi connectivity index (χ2n) is 6.28. The molecular weight excluding hydrogens is 304 g/mol. The molecule has 1 aromatic heterocycles. The Bertz CT molecular complexity index is 676. The summed E-state index contributed by atoms with van der Waals surface area (Å²) in [6.07, 6.45) is 2.35. The van der Waals surface area contributed by atoms with Crippen molar-refractivity contribution >= 4 is 0 Å². The van der Waals surface area contributed by atoms with Crippen LogP contribution in [0, 0.1) is 13.8 Å². The van der Waals surface area contributed by atoms with E-state index in [4.69, 9.17) is 14.0 Å². The summed E-state index contributed by atoms with van der Waals surface area (Å²) in [5.74, 6) is 2.53. The third kappa shape index (κ3) is 3.26. The third-order valence-corrected chi connectivity index (χ3v) is 4.70. The first-order chi connectivity index (χ1) is 11.6. The summed E-state index contributed by atoms with van der Waals surface area (Å²) < 4.78 is 16.4. The quantitative estimate of drug-likeness (QED) is 0.800. The van der Waals surface area contributed by atoms with Crippen molar-refractivity contribution in [2.24, 2.45) is 0 Å². The van der Waals surface area contributed by atoms with Gasteiger partial charge in [0.25, 0.3) is 0 Å². The molecule has 5 heteroatoms. The van der Waals surface area contributed by atoms with Gasteiger partial charge in [-0.15, -0.1) is 0 Å². The SMILES string of the molecule is CCOc1ccc(CN2CCC[C@@H]2c2c(C)noc2C)cc1OC. The Morgan fingerprint density at radius 3 is 2.79 bits per heavy atom. The van der Waals surface area contributed by atoms with E-state index >= 15 is 0 Å². The summed E-state index contributed by atoms with van der Waals surface area (Å²) in [6, 6.07) is 6.58. The molecule has 0 bridgehead atoms. The summed E-state index contributed by atoms with van der Waals surface area (Å²) >= 11 is 0. The molecule has 3 rings (SSSR count). The first-order valence-electron chi connectivity index (χ1n) is 8.60. The summed E-state index contributed by atoms with van der Waals surface area (Å²) in [6.45, 7) is 8.62. The highest BCUT2D eigenvalue weighted by Crippen LogP contribution is 2.37. The van der Waals surface area contributed by atoms with Crippen molar-refractivity contribution in [3.05, 3.63) is 40.8 Å². The number of rotatable bonds is 6. The third-order valence-electron chi connectivity index (χ3n) is 4.70. The Kier molecular flexibility index (Phi) is 5.09. The molecule has 1 saturated heterocycles. The standard InChI is InChI=1S/C19H26N2O3/c1-5-23-17-9-8-15(11-18(17)22-4)12-21-10-6-7-16(21)19-13(2)20-24-14(19)3/h8-9,11,16H,5-7,10,12H2,1-4H3/t16-/m1/s1. The fraction of sp³-hybridized carbons (Fsp3) is 0.526. The summed E-state index contributed by atoms with van der Waals surface area (Å²) in [7, 11) is 1.68. The molecule has 1 aromatic carbocycles. The van der Waals surface area contributed by atoms with E-state index in [0.29, 0.717) is 12.6 Å². The van der Waals surface area contributed by atoms with Crippen molar-refractivity contribution in [2.75, 3.05) is 20.3 Å². The van der Waals surface area contributed by atoms with E-state index < -0.39 is 0 Å². The van der Waals surface area contributed by atoms with Gasteiger partial charge in [0, 0.05) is 18.2 Å². The largest absolute Gasteiger partial charge is 0.493 e. The molecule has 1 aliphatic heterocycles. The Balaban J connectivity index is 1.80. The number of benzene rings is 1. The minimum absolute atomic E-state index is 0.383. The van der Waals surface area contributed by atoms with Gasteiger partial charge in [-0.25, -0.2) is 0 Å². The van der Waals surface area contributed by atoms with Gasteiger partial charge in [-0.3, -0.25) is 4.90 Å². The molecule has 2 heterocycles. The van der Waals surface area contributed by atoms with E-state index in [-0.39, 0.29) is 0 Å². The molecule has 0 unspecified atom stereocenters. The maximum absolute atomic E-state index is 5.61. The number of hydrogen-bond donors (Lipinski definition) is 0. The van der Waals surface area contributed by atoms with E-state index in [1.54, 1.807) is 7.11 Å². The van der Waals surface area contributed by atoms with Crippen molar-refractivity contribution in [3.63, 3.8) is 0 Å². The number of aromatic nitrogens is 1. The summed E-state index contributed by atoms with van der Waals surface area (Å²) in [4.78, 5) is 2.50. The highest BCUT2D eigenvalue weighted by Gasteiger charge is 2.30. The molecule has 0 amide bonds. The van der Waals surface area contributed by atoms with Crippen molar-refractivity contribution in [3.8, 4) is 11.5 Å². The maximum Gasteiger partial charge on any atom is 0.161 e. The topological polar surface area (TPSA) is 47.7 Å². The number of ether oxygens (including phenoxy) is 2. The number of likely N-dealkylation sites (tertiary alicyclic amines) is 1. The van der Waals surface area contributed by atoms with Crippen LogP contribution in [0.1, 0.15) is 48.4 Å². The van der Waals surface area contributed by atoms with E-state index in [2.05, 4.69) is 22.2 Å². The predicted molar refractivity (Wildman–Crippen MR) is 92.5 cm³/mol. The van der Waals surface area contributed by atoms with Crippen molar-refractivity contribution in [1.82, 2.24) is 10.1 Å². The lowest BCUT2D eigenvalue weighted by Gasteiger charge is -2.25. The van der Waals surface area contributed by atoms with Crippen LogP contribution in [0.4, 0.5) is 0 Å². The van der Waals surface area contributed by atoms with E-state index in [1.165, 1.54) is 17.5 Å². The number of nitrogens with zero attached hydrogens (tertiary/aromatic N) is 2. The Morgan fingerprint density at radius 2 is 2.12 bits per heavy atom. The van der Waals surface area contributed by atoms with Gasteiger partial charge in [-0.05, 0) is 57.9 Å². The lowest BCUT2D eigenvalue weighted by molar-refractivity contribution is 0.245. The zero-order valence-electron chi connectivity index (χ0n) is 15.0. The van der Waals surface area contributed by atoms with Gasteiger partial charge in [-0.2, -0.15) is 0 Å². The smallest absolute Gasteiger partial charge is 0.161 e. The van der Waals surface area contributed by atoms with Crippen LogP contribution in [0.15, 0.2) is 22.7 Å². The van der Waals surface area contributed by atoms with Crippen LogP contribution >= 0.6 is 0 Å². The highest BCUT2D eigenvalue weighted by atomic mass is 16.5. The zero-order valence-corrected chi connectivity index (χ0v) is 15.0. The Hall–Kier alpha value is -2.01. The minimum atomic E-state index is 0.383. The Morgan fingerprint density at radius 1 is 1.29 bits per heavy atom. The van der Waals surface area contributed by atoms with Gasteiger partial charge in [0.15, 0.2) is 11.5 Å². The number of methoxy groups -OCH3 is 1. The molecular formula is C19H26N2O3. The van der Waals surface area contributed by atoms with E-state index in [0.717, 1.165) is 42.5 Å². The average Bonchev–Trinajstić information content (AvgIpc) is 3.15. The predicted octanol–water partition coefficient (Wildman–Crippen LogP) is 4.04. The lowest BCUT2D eigenvalue weighted by atomic mass is 10.0. The van der Waals surface area contributed by atoms with Gasteiger partial charge < -0.3 is 14.0 Å². The van der Waals surface area contributed by atoms with Gasteiger partial charge in [0.05, 0.1) is 19.4 Å². The van der Waals surface area contributed by atoms with Crippen molar-refractivity contribution in [2.45, 2.75) is 46.2 Å². The maximum atomic E-state index is 5.61. The van der Waals surface area contributed by atoms with E-state index in [9.17, 15) is 0 Å². The molecule has 2 aromatic rings. The summed E-state index contributed by atoms with van der Waals surface area (Å²) in [5.41, 5.74) is 3.49. The average molecular weight is 330 g/mol. The molecule has 5 nitrogen and oxygen atoms in total. The van der Waals surface area contributed by atoms with Gasteiger partial charge >= 0.3 is 0 Å². The van der Waals surface area contributed by atoms with Gasteiger partial charge in [0.1, 0.15) is 5.76 Å². The molecule has 0 saturated carbocycles. The molecule has 0 N–H and O–H groups in total. The molecule has 0 radical (unpaired) electrons. The lowest BCUT2D eigenvalue weighted by Crippen LogP contribution is -2.23. The van der Waals surface area contributed by atoms with Gasteiger partial charge in [0.2, 0.25) is 0 Å². The number of hydrogen-bond acceptors (Lipinski definition) is 5. The molecule has 0 aliphatic carbocycles. The molecule has 1 aliphatic rings. The van der Waals surface area contributed by atoms with Gasteiger partial charge in [-0.1, -0.05) is 11.2 Å². The van der Waals surface area contributed by atoms with Crippen LogP contribution < -0.4 is 9.47 Å². The second kappa shape index (κ2) is 7.26. The second-order valence-corrected chi connectivity index (χ2v) is 6.28. The van der Waals surface area contributed by atoms with Crippen LogP contribution in [-0.4, -0.2) is 30.3 Å². The van der Waals surface area contributed by atoms with Crippen LogP contribution in [-0.2, 0) is 6.54 Å². The Labute approximate surface area is 143 Å². The highest BCUT2D eigenvalue weighted by molar-refractivity contribution is 5.43. The van der Waals surface area contributed by atoms with Crippen molar-refractivity contribution < 1.29 is 14.0 Å². The first kappa shape index (κ1) is 16.8. The monoisotopic (exact) mass is 330 g/mol. The van der Waals surface area contributed by atoms with Crippen LogP contribution in [0.5, 0.6) is 11.5 Å². The fourth-order valence-electron chi connectivity index (χ4n) is 3.63. The number of aryl methyl sites for hydroxylation is 2. The summed E-state index contributed by atoms with van der Waals surface area (Å²) in [5, 5.41) is 4.12. The minimum Gasteiger partial charge on any atom is -0.493 e. The first-order valence-corrected chi connectivity index (χ1v) is 8.60. The molecule has 1 fully saturated rings. The molecule has 130 valence electrons. The van der Waals surface area contributed by atoms with E-state index in [1.807, 2.05) is 26.8 Å².